The Balaban J connectivity index is 2.87. The number of benzene rings is 1. The largest absolute Gasteiger partial charge is 0.505 e. The van der Waals surface area contributed by atoms with E-state index in [9.17, 15) is 5.11 Å². The summed E-state index contributed by atoms with van der Waals surface area (Å²) in [5.41, 5.74) is 8.47. The standard InChI is InChI=1S/C16H22N2O/c1-8-9(2)11(4)16(19)15(10(8)3)18-14(7)12(5)13(6)17-18/h19H,1-7H3. The zero-order chi connectivity index (χ0) is 14.5. The van der Waals surface area contributed by atoms with Crippen LogP contribution in [-0.4, -0.2) is 14.9 Å². The van der Waals surface area contributed by atoms with Crippen molar-refractivity contribution in [3.05, 3.63) is 39.2 Å². The molecule has 19 heavy (non-hydrogen) atoms. The molecule has 1 N–H and O–H groups in total. The van der Waals surface area contributed by atoms with Crippen LogP contribution >= 0.6 is 0 Å². The SMILES string of the molecule is Cc1nn(-c2c(C)c(C)c(C)c(C)c2O)c(C)c1C. The molecular formula is C16H22N2O. The molecule has 0 aliphatic rings. The van der Waals surface area contributed by atoms with Crippen LogP contribution in [0.25, 0.3) is 5.69 Å². The molecule has 0 spiro atoms. The quantitative estimate of drug-likeness (QED) is 0.846. The van der Waals surface area contributed by atoms with Crippen LogP contribution in [0.5, 0.6) is 5.75 Å². The van der Waals surface area contributed by atoms with Gasteiger partial charge in [0.2, 0.25) is 0 Å². The highest BCUT2D eigenvalue weighted by atomic mass is 16.3. The Labute approximate surface area is 114 Å². The predicted molar refractivity (Wildman–Crippen MR) is 78.4 cm³/mol. The van der Waals surface area contributed by atoms with E-state index < -0.39 is 0 Å². The van der Waals surface area contributed by atoms with Crippen LogP contribution < -0.4 is 0 Å². The Morgan fingerprint density at radius 3 is 1.74 bits per heavy atom. The fourth-order valence-corrected chi connectivity index (χ4v) is 2.47. The summed E-state index contributed by atoms with van der Waals surface area (Å²) in [6.45, 7) is 14.3. The zero-order valence-corrected chi connectivity index (χ0v) is 12.8. The van der Waals surface area contributed by atoms with Crippen LogP contribution in [0, 0.1) is 48.5 Å². The van der Waals surface area contributed by atoms with E-state index in [2.05, 4.69) is 18.9 Å². The highest BCUT2D eigenvalue weighted by molar-refractivity contribution is 5.62. The number of aromatic nitrogens is 2. The molecule has 0 amide bonds. The molecule has 0 aliphatic carbocycles. The maximum Gasteiger partial charge on any atom is 0.144 e. The van der Waals surface area contributed by atoms with Gasteiger partial charge in [-0.2, -0.15) is 5.10 Å². The van der Waals surface area contributed by atoms with Crippen LogP contribution in [0.2, 0.25) is 0 Å². The first-order chi connectivity index (χ1) is 8.77. The van der Waals surface area contributed by atoms with E-state index in [0.29, 0.717) is 5.75 Å². The number of aromatic hydroxyl groups is 1. The molecule has 0 bridgehead atoms. The van der Waals surface area contributed by atoms with E-state index in [-0.39, 0.29) is 0 Å². The second-order valence-electron chi connectivity index (χ2n) is 5.40. The average Bonchev–Trinajstić information content (AvgIpc) is 2.62. The molecule has 0 saturated heterocycles. The van der Waals surface area contributed by atoms with E-state index in [1.165, 1.54) is 11.1 Å². The Bertz CT molecular complexity index is 637. The number of phenolic OH excluding ortho intramolecular Hbond substituents is 1. The van der Waals surface area contributed by atoms with Gasteiger partial charge in [-0.1, -0.05) is 0 Å². The summed E-state index contributed by atoms with van der Waals surface area (Å²) in [4.78, 5) is 0. The molecule has 0 fully saturated rings. The molecule has 0 radical (unpaired) electrons. The van der Waals surface area contributed by atoms with Crippen molar-refractivity contribution in [3.8, 4) is 11.4 Å². The van der Waals surface area contributed by atoms with Crippen LogP contribution in [0.15, 0.2) is 0 Å². The van der Waals surface area contributed by atoms with Crippen molar-refractivity contribution >= 4 is 0 Å². The second-order valence-corrected chi connectivity index (χ2v) is 5.40. The maximum atomic E-state index is 10.5. The van der Waals surface area contributed by atoms with Gasteiger partial charge in [-0.05, 0) is 76.3 Å². The monoisotopic (exact) mass is 258 g/mol. The lowest BCUT2D eigenvalue weighted by atomic mass is 9.96. The molecule has 3 nitrogen and oxygen atoms in total. The van der Waals surface area contributed by atoms with Gasteiger partial charge >= 0.3 is 0 Å². The van der Waals surface area contributed by atoms with Gasteiger partial charge < -0.3 is 5.11 Å². The highest BCUT2D eigenvalue weighted by Gasteiger charge is 2.19. The molecule has 2 rings (SSSR count). The second kappa shape index (κ2) is 4.41. The van der Waals surface area contributed by atoms with E-state index in [1.807, 2.05) is 39.3 Å². The lowest BCUT2D eigenvalue weighted by molar-refractivity contribution is 0.464. The van der Waals surface area contributed by atoms with Crippen molar-refractivity contribution in [2.24, 2.45) is 0 Å². The number of rotatable bonds is 1. The van der Waals surface area contributed by atoms with Crippen LogP contribution in [-0.2, 0) is 0 Å². The molecule has 0 atom stereocenters. The summed E-state index contributed by atoms with van der Waals surface area (Å²) in [5.74, 6) is 0.339. The summed E-state index contributed by atoms with van der Waals surface area (Å²) in [5, 5.41) is 15.1. The molecule has 0 aliphatic heterocycles. The number of aryl methyl sites for hydroxylation is 1. The van der Waals surface area contributed by atoms with E-state index in [0.717, 1.165) is 33.8 Å². The smallest absolute Gasteiger partial charge is 0.144 e. The van der Waals surface area contributed by atoms with Gasteiger partial charge in [0.1, 0.15) is 11.4 Å². The van der Waals surface area contributed by atoms with Gasteiger partial charge in [0.25, 0.3) is 0 Å². The van der Waals surface area contributed by atoms with Crippen molar-refractivity contribution in [1.29, 1.82) is 0 Å². The summed E-state index contributed by atoms with van der Waals surface area (Å²) in [7, 11) is 0. The maximum absolute atomic E-state index is 10.5. The molecule has 0 unspecified atom stereocenters. The van der Waals surface area contributed by atoms with Gasteiger partial charge in [-0.25, -0.2) is 4.68 Å². The average molecular weight is 258 g/mol. The van der Waals surface area contributed by atoms with E-state index in [4.69, 9.17) is 0 Å². The third-order valence-electron chi connectivity index (χ3n) is 4.49. The van der Waals surface area contributed by atoms with Crippen molar-refractivity contribution in [2.75, 3.05) is 0 Å². The normalized spacial score (nSPS) is 11.1. The molecule has 1 aromatic carbocycles. The predicted octanol–water partition coefficient (Wildman–Crippen LogP) is 3.74. The molecule has 3 heteroatoms. The van der Waals surface area contributed by atoms with Gasteiger partial charge in [-0.3, -0.25) is 0 Å². The molecule has 1 heterocycles. The summed E-state index contributed by atoms with van der Waals surface area (Å²) in [6, 6.07) is 0. The minimum atomic E-state index is 0.339. The Morgan fingerprint density at radius 2 is 1.26 bits per heavy atom. The molecule has 2 aromatic rings. The molecule has 102 valence electrons. The topological polar surface area (TPSA) is 38.0 Å². The number of hydrogen-bond acceptors (Lipinski definition) is 2. The van der Waals surface area contributed by atoms with Gasteiger partial charge in [0, 0.05) is 5.69 Å². The minimum absolute atomic E-state index is 0.339. The summed E-state index contributed by atoms with van der Waals surface area (Å²) >= 11 is 0. The molecule has 1 aromatic heterocycles. The summed E-state index contributed by atoms with van der Waals surface area (Å²) < 4.78 is 1.87. The summed E-state index contributed by atoms with van der Waals surface area (Å²) in [6.07, 6.45) is 0. The number of hydrogen-bond donors (Lipinski definition) is 1. The van der Waals surface area contributed by atoms with E-state index in [1.54, 1.807) is 0 Å². The van der Waals surface area contributed by atoms with Crippen molar-refractivity contribution in [1.82, 2.24) is 9.78 Å². The Morgan fingerprint density at radius 1 is 0.737 bits per heavy atom. The van der Waals surface area contributed by atoms with Gasteiger partial charge in [-0.15, -0.1) is 0 Å². The zero-order valence-electron chi connectivity index (χ0n) is 12.8. The van der Waals surface area contributed by atoms with Crippen LogP contribution in [0.4, 0.5) is 0 Å². The van der Waals surface area contributed by atoms with Crippen molar-refractivity contribution < 1.29 is 5.11 Å². The van der Waals surface area contributed by atoms with Crippen molar-refractivity contribution in [2.45, 2.75) is 48.5 Å². The van der Waals surface area contributed by atoms with Crippen LogP contribution in [0.1, 0.15) is 39.2 Å². The molecule has 0 saturated carbocycles. The fourth-order valence-electron chi connectivity index (χ4n) is 2.47. The number of phenols is 1. The lowest BCUT2D eigenvalue weighted by Crippen LogP contribution is -2.06. The minimum Gasteiger partial charge on any atom is -0.505 e. The van der Waals surface area contributed by atoms with Crippen molar-refractivity contribution in [3.63, 3.8) is 0 Å². The third kappa shape index (κ3) is 1.84. The van der Waals surface area contributed by atoms with E-state index >= 15 is 0 Å². The first-order valence-electron chi connectivity index (χ1n) is 6.59. The Hall–Kier alpha value is -1.77. The van der Waals surface area contributed by atoms with Gasteiger partial charge in [0.15, 0.2) is 0 Å². The highest BCUT2D eigenvalue weighted by Crippen LogP contribution is 2.35. The first kappa shape index (κ1) is 13.7. The molecular weight excluding hydrogens is 236 g/mol. The Kier molecular flexibility index (Phi) is 3.17. The van der Waals surface area contributed by atoms with Crippen LogP contribution in [0.3, 0.4) is 0 Å². The third-order valence-corrected chi connectivity index (χ3v) is 4.49. The van der Waals surface area contributed by atoms with Gasteiger partial charge in [0.05, 0.1) is 5.69 Å². The lowest BCUT2D eigenvalue weighted by Gasteiger charge is -2.18. The number of nitrogens with zero attached hydrogens (tertiary/aromatic N) is 2. The first-order valence-corrected chi connectivity index (χ1v) is 6.59. The fraction of sp³-hybridized carbons (Fsp3) is 0.438.